The fourth-order valence-electron chi connectivity index (χ4n) is 8.43. The molecule has 0 aliphatic carbocycles. The zero-order valence-corrected chi connectivity index (χ0v) is 28.4. The molecule has 0 spiro atoms. The molecule has 2 aromatic carbocycles. The molecule has 11 nitrogen and oxygen atoms in total. The number of aromatic amines is 1. The molecule has 3 saturated heterocycles. The van der Waals surface area contributed by atoms with E-state index < -0.39 is 5.92 Å². The van der Waals surface area contributed by atoms with Crippen LogP contribution in [0.15, 0.2) is 42.6 Å². The zero-order valence-electron chi connectivity index (χ0n) is 28.4. The van der Waals surface area contributed by atoms with E-state index in [4.69, 9.17) is 0 Å². The maximum absolute atomic E-state index is 14.4. The third kappa shape index (κ3) is 6.80. The number of urea groups is 1. The Morgan fingerprint density at radius 3 is 2.44 bits per heavy atom. The molecular formula is C37H50N8O3. The Bertz CT molecular complexity index is 1620. The molecule has 3 aromatic rings. The summed E-state index contributed by atoms with van der Waals surface area (Å²) >= 11 is 0. The van der Waals surface area contributed by atoms with Crippen LogP contribution in [0.4, 0.5) is 10.5 Å². The van der Waals surface area contributed by atoms with Crippen molar-refractivity contribution in [3.05, 3.63) is 59.3 Å². The van der Waals surface area contributed by atoms with Crippen molar-refractivity contribution < 1.29 is 14.4 Å². The Labute approximate surface area is 283 Å². The van der Waals surface area contributed by atoms with E-state index in [0.29, 0.717) is 38.8 Å². The number of amides is 4. The third-order valence-corrected chi connectivity index (χ3v) is 11.5. The van der Waals surface area contributed by atoms with Gasteiger partial charge in [-0.1, -0.05) is 31.2 Å². The number of fused-ring (bicyclic) bond motifs is 2. The lowest BCUT2D eigenvalue weighted by Crippen LogP contribution is -2.55. The second kappa shape index (κ2) is 14.3. The first kappa shape index (κ1) is 32.6. The number of H-pyrrole nitrogens is 1. The number of hydrogen-bond donors (Lipinski definition) is 3. The van der Waals surface area contributed by atoms with Gasteiger partial charge in [-0.3, -0.25) is 19.6 Å². The highest BCUT2D eigenvalue weighted by Gasteiger charge is 2.37. The number of piperazine rings is 1. The number of likely N-dealkylation sites (tertiary alicyclic amines) is 1. The number of aryl methyl sites for hydroxylation is 1. The molecule has 0 saturated carbocycles. The van der Waals surface area contributed by atoms with Crippen molar-refractivity contribution in [3.8, 4) is 0 Å². The number of aromatic nitrogens is 2. The van der Waals surface area contributed by atoms with E-state index in [0.717, 1.165) is 91.6 Å². The number of piperidine rings is 2. The Hall–Kier alpha value is -3.96. The zero-order chi connectivity index (χ0) is 33.2. The van der Waals surface area contributed by atoms with Gasteiger partial charge < -0.3 is 25.3 Å². The molecule has 2 atom stereocenters. The largest absolute Gasteiger partial charge is 0.343 e. The molecule has 3 fully saturated rings. The molecule has 3 N–H and O–H groups in total. The number of nitrogens with zero attached hydrogens (tertiary/aromatic N) is 5. The molecule has 11 heteroatoms. The lowest BCUT2D eigenvalue weighted by Gasteiger charge is -2.42. The molecule has 256 valence electrons. The quantitative estimate of drug-likeness (QED) is 0.355. The number of carbonyl (C=O) groups excluding carboxylic acids is 3. The van der Waals surface area contributed by atoms with Gasteiger partial charge in [0.15, 0.2) is 0 Å². The van der Waals surface area contributed by atoms with Crippen molar-refractivity contribution in [2.24, 2.45) is 5.92 Å². The topological polar surface area (TPSA) is 117 Å². The van der Waals surface area contributed by atoms with Gasteiger partial charge in [0.1, 0.15) is 0 Å². The van der Waals surface area contributed by atoms with Crippen molar-refractivity contribution in [2.75, 3.05) is 64.2 Å². The van der Waals surface area contributed by atoms with E-state index in [1.807, 2.05) is 39.1 Å². The second-order valence-corrected chi connectivity index (χ2v) is 14.3. The Morgan fingerprint density at radius 2 is 1.67 bits per heavy atom. The van der Waals surface area contributed by atoms with Gasteiger partial charge >= 0.3 is 6.03 Å². The number of hydrogen-bond acceptors (Lipinski definition) is 6. The molecule has 4 aliphatic heterocycles. The van der Waals surface area contributed by atoms with Crippen LogP contribution in [-0.2, 0) is 16.0 Å². The van der Waals surface area contributed by atoms with Crippen LogP contribution in [0.2, 0.25) is 0 Å². The van der Waals surface area contributed by atoms with E-state index in [-0.39, 0.29) is 36.2 Å². The number of para-hydroxylation sites is 1. The number of rotatable bonds is 7. The van der Waals surface area contributed by atoms with Crippen LogP contribution in [-0.4, -0.2) is 119 Å². The first-order valence-electron chi connectivity index (χ1n) is 18.0. The van der Waals surface area contributed by atoms with E-state index >= 15 is 0 Å². The summed E-state index contributed by atoms with van der Waals surface area (Å²) in [4.78, 5) is 50.0. The van der Waals surface area contributed by atoms with E-state index in [2.05, 4.69) is 57.8 Å². The van der Waals surface area contributed by atoms with E-state index in [9.17, 15) is 14.4 Å². The normalized spacial score (nSPS) is 21.5. The summed E-state index contributed by atoms with van der Waals surface area (Å²) < 4.78 is 0. The van der Waals surface area contributed by atoms with Crippen LogP contribution in [0.3, 0.4) is 0 Å². The van der Waals surface area contributed by atoms with Crippen LogP contribution in [0, 0.1) is 12.8 Å². The molecule has 5 heterocycles. The first-order chi connectivity index (χ1) is 23.4. The standard InChI is InChI=1S/C37H50N8O3/c1-25-21-28(22-29-24-39-41-35(25)29)26(2)32(36(47)44-19-17-42(18-20-44)30-7-12-38-13-8-30)23-34(46)43-14-10-31(11-15-43)45-16-9-27-5-3-4-6-33(27)40-37(45)48/h3-6,21-22,24,26,30-32,38H,7-20,23H2,1-2H3,(H,39,41)(H,40,48). The van der Waals surface area contributed by atoms with Gasteiger partial charge in [0.2, 0.25) is 11.8 Å². The lowest BCUT2D eigenvalue weighted by atomic mass is 9.82. The summed E-state index contributed by atoms with van der Waals surface area (Å²) in [5.74, 6) is -0.483. The summed E-state index contributed by atoms with van der Waals surface area (Å²) in [6.45, 7) is 11.3. The average molecular weight is 655 g/mol. The van der Waals surface area contributed by atoms with Gasteiger partial charge in [0.25, 0.3) is 0 Å². The van der Waals surface area contributed by atoms with Crippen molar-refractivity contribution >= 4 is 34.4 Å². The minimum Gasteiger partial charge on any atom is -0.343 e. The number of benzene rings is 2. The fraction of sp³-hybridized carbons (Fsp3) is 0.568. The van der Waals surface area contributed by atoms with Gasteiger partial charge in [-0.05, 0) is 86.9 Å². The molecule has 2 unspecified atom stereocenters. The minimum absolute atomic E-state index is 0.0285. The Morgan fingerprint density at radius 1 is 0.917 bits per heavy atom. The fourth-order valence-corrected chi connectivity index (χ4v) is 8.43. The van der Waals surface area contributed by atoms with Gasteiger partial charge in [-0.15, -0.1) is 0 Å². The highest BCUT2D eigenvalue weighted by molar-refractivity contribution is 5.91. The van der Waals surface area contributed by atoms with Crippen LogP contribution in [0.1, 0.15) is 61.6 Å². The van der Waals surface area contributed by atoms with E-state index in [1.54, 1.807) is 0 Å². The van der Waals surface area contributed by atoms with Crippen LogP contribution >= 0.6 is 0 Å². The number of anilines is 1. The second-order valence-electron chi connectivity index (χ2n) is 14.3. The molecule has 48 heavy (non-hydrogen) atoms. The van der Waals surface area contributed by atoms with Gasteiger partial charge in [0.05, 0.1) is 17.6 Å². The van der Waals surface area contributed by atoms with Gasteiger partial charge in [-0.2, -0.15) is 5.10 Å². The average Bonchev–Trinajstić information content (AvgIpc) is 3.54. The minimum atomic E-state index is -0.459. The van der Waals surface area contributed by atoms with Crippen molar-refractivity contribution in [1.82, 2.24) is 35.1 Å². The summed E-state index contributed by atoms with van der Waals surface area (Å²) in [5.41, 5.74) is 5.19. The van der Waals surface area contributed by atoms with Crippen LogP contribution in [0.25, 0.3) is 10.9 Å². The van der Waals surface area contributed by atoms with Crippen molar-refractivity contribution in [3.63, 3.8) is 0 Å². The highest BCUT2D eigenvalue weighted by atomic mass is 16.2. The summed E-state index contributed by atoms with van der Waals surface area (Å²) in [5, 5.41) is 14.9. The summed E-state index contributed by atoms with van der Waals surface area (Å²) in [6.07, 6.45) is 6.60. The monoisotopic (exact) mass is 654 g/mol. The maximum Gasteiger partial charge on any atom is 0.322 e. The highest BCUT2D eigenvalue weighted by Crippen LogP contribution is 2.34. The van der Waals surface area contributed by atoms with Gasteiger partial charge in [0, 0.05) is 75.4 Å². The van der Waals surface area contributed by atoms with Gasteiger partial charge in [-0.25, -0.2) is 4.79 Å². The molecule has 0 radical (unpaired) electrons. The molecule has 4 amide bonds. The summed E-state index contributed by atoms with van der Waals surface area (Å²) in [7, 11) is 0. The van der Waals surface area contributed by atoms with Crippen molar-refractivity contribution in [1.29, 1.82) is 0 Å². The predicted molar refractivity (Wildman–Crippen MR) is 187 cm³/mol. The molecule has 7 rings (SSSR count). The van der Waals surface area contributed by atoms with Crippen molar-refractivity contribution in [2.45, 2.75) is 70.4 Å². The lowest BCUT2D eigenvalue weighted by molar-refractivity contribution is -0.144. The number of nitrogens with one attached hydrogen (secondary N) is 3. The van der Waals surface area contributed by atoms with Crippen LogP contribution in [0.5, 0.6) is 0 Å². The predicted octanol–water partition coefficient (Wildman–Crippen LogP) is 3.96. The third-order valence-electron chi connectivity index (χ3n) is 11.5. The number of carbonyl (C=O) groups is 3. The first-order valence-corrected chi connectivity index (χ1v) is 18.0. The Balaban J connectivity index is 1.02. The molecular weight excluding hydrogens is 604 g/mol. The molecule has 4 aliphatic rings. The SMILES string of the molecule is Cc1cc(C(C)C(CC(=O)N2CCC(N3CCc4ccccc4NC3=O)CC2)C(=O)N2CCN(C3CCNCC3)CC2)cc2cn[nH]c12. The molecule has 1 aromatic heterocycles. The smallest absolute Gasteiger partial charge is 0.322 e. The van der Waals surface area contributed by atoms with E-state index in [1.165, 1.54) is 0 Å². The van der Waals surface area contributed by atoms with Crippen LogP contribution < -0.4 is 10.6 Å². The summed E-state index contributed by atoms with van der Waals surface area (Å²) in [6, 6.07) is 12.9. The molecule has 0 bridgehead atoms. The Kier molecular flexibility index (Phi) is 9.68. The maximum atomic E-state index is 14.4.